The number of para-hydroxylation sites is 1. The van der Waals surface area contributed by atoms with Gasteiger partial charge < -0.3 is 9.84 Å². The maximum absolute atomic E-state index is 13.6. The summed E-state index contributed by atoms with van der Waals surface area (Å²) in [4.78, 5) is 10.7. The van der Waals surface area contributed by atoms with Gasteiger partial charge in [-0.2, -0.15) is 0 Å². The average molecular weight is 246 g/mol. The summed E-state index contributed by atoms with van der Waals surface area (Å²) in [5.74, 6) is -1.43. The van der Waals surface area contributed by atoms with Gasteiger partial charge in [-0.15, -0.1) is 0 Å². The molecule has 0 heterocycles. The molecule has 2 rings (SSSR count). The van der Waals surface area contributed by atoms with Crippen molar-refractivity contribution < 1.29 is 19.0 Å². The van der Waals surface area contributed by atoms with E-state index in [0.29, 0.717) is 11.3 Å². The number of rotatable bonds is 3. The first-order valence-corrected chi connectivity index (χ1v) is 5.29. The summed E-state index contributed by atoms with van der Waals surface area (Å²) < 4.78 is 18.8. The molecule has 0 atom stereocenters. The van der Waals surface area contributed by atoms with Gasteiger partial charge in [-0.3, -0.25) is 0 Å². The van der Waals surface area contributed by atoms with E-state index in [1.807, 2.05) is 6.07 Å². The zero-order chi connectivity index (χ0) is 13.1. The van der Waals surface area contributed by atoms with Gasteiger partial charge in [-0.1, -0.05) is 24.3 Å². The second-order valence-electron chi connectivity index (χ2n) is 3.70. The minimum atomic E-state index is -1.28. The molecular weight excluding hydrogens is 235 g/mol. The Labute approximate surface area is 103 Å². The van der Waals surface area contributed by atoms with E-state index in [1.165, 1.54) is 19.2 Å². The predicted molar refractivity (Wildman–Crippen MR) is 65.3 cm³/mol. The first-order valence-electron chi connectivity index (χ1n) is 5.29. The van der Waals surface area contributed by atoms with Crippen LogP contribution in [0.3, 0.4) is 0 Å². The number of ether oxygens (including phenoxy) is 1. The maximum Gasteiger partial charge on any atom is 0.338 e. The van der Waals surface area contributed by atoms with Crippen molar-refractivity contribution in [3.63, 3.8) is 0 Å². The van der Waals surface area contributed by atoms with Gasteiger partial charge in [0, 0.05) is 5.56 Å². The van der Waals surface area contributed by atoms with Crippen LogP contribution in [0.2, 0.25) is 0 Å². The van der Waals surface area contributed by atoms with Crippen molar-refractivity contribution in [3.8, 4) is 16.9 Å². The van der Waals surface area contributed by atoms with Crippen LogP contribution in [-0.2, 0) is 0 Å². The van der Waals surface area contributed by atoms with Crippen LogP contribution in [0.4, 0.5) is 4.39 Å². The van der Waals surface area contributed by atoms with Gasteiger partial charge >= 0.3 is 5.97 Å². The first-order chi connectivity index (χ1) is 8.63. The topological polar surface area (TPSA) is 46.5 Å². The molecule has 2 aromatic rings. The van der Waals surface area contributed by atoms with Gasteiger partial charge in [0.15, 0.2) is 0 Å². The molecule has 0 bridgehead atoms. The Kier molecular flexibility index (Phi) is 3.28. The third-order valence-electron chi connectivity index (χ3n) is 2.62. The van der Waals surface area contributed by atoms with E-state index in [-0.39, 0.29) is 5.56 Å². The summed E-state index contributed by atoms with van der Waals surface area (Å²) in [7, 11) is 1.53. The molecule has 2 aromatic carbocycles. The Morgan fingerprint density at radius 3 is 2.56 bits per heavy atom. The van der Waals surface area contributed by atoms with E-state index in [1.54, 1.807) is 24.3 Å². The first kappa shape index (κ1) is 12.1. The summed E-state index contributed by atoms with van der Waals surface area (Å²) in [6, 6.07) is 11.2. The Bertz CT molecular complexity index is 593. The number of carbonyl (C=O) groups is 1. The molecule has 0 fully saturated rings. The number of carboxylic acid groups (broad SMARTS) is 1. The summed E-state index contributed by atoms with van der Waals surface area (Å²) >= 11 is 0. The normalized spacial score (nSPS) is 10.1. The molecule has 92 valence electrons. The second kappa shape index (κ2) is 4.87. The highest BCUT2D eigenvalue weighted by Crippen LogP contribution is 2.30. The van der Waals surface area contributed by atoms with Crippen LogP contribution >= 0.6 is 0 Å². The molecule has 0 saturated carbocycles. The van der Waals surface area contributed by atoms with Gasteiger partial charge in [-0.25, -0.2) is 9.18 Å². The highest BCUT2D eigenvalue weighted by atomic mass is 19.1. The molecule has 0 aliphatic carbocycles. The minimum absolute atomic E-state index is 0.339. The Balaban J connectivity index is 2.52. The van der Waals surface area contributed by atoms with Crippen LogP contribution < -0.4 is 4.74 Å². The number of hydrogen-bond donors (Lipinski definition) is 1. The van der Waals surface area contributed by atoms with Crippen LogP contribution in [-0.4, -0.2) is 18.2 Å². The molecule has 0 spiro atoms. The molecule has 0 radical (unpaired) electrons. The van der Waals surface area contributed by atoms with Crippen molar-refractivity contribution in [2.75, 3.05) is 7.11 Å². The Morgan fingerprint density at radius 2 is 1.94 bits per heavy atom. The molecular formula is C14H11FO3. The lowest BCUT2D eigenvalue weighted by atomic mass is 10.0. The highest BCUT2D eigenvalue weighted by molar-refractivity contribution is 5.89. The lowest BCUT2D eigenvalue weighted by molar-refractivity contribution is 0.0692. The van der Waals surface area contributed by atoms with E-state index >= 15 is 0 Å². The van der Waals surface area contributed by atoms with Crippen molar-refractivity contribution >= 4 is 5.97 Å². The van der Waals surface area contributed by atoms with Gasteiger partial charge in [0.1, 0.15) is 11.6 Å². The summed E-state index contributed by atoms with van der Waals surface area (Å²) in [6.07, 6.45) is 0. The summed E-state index contributed by atoms with van der Waals surface area (Å²) in [6.45, 7) is 0. The molecule has 4 heteroatoms. The molecule has 3 nitrogen and oxygen atoms in total. The SMILES string of the molecule is COc1ccccc1-c1ccc(C(=O)O)c(F)c1. The van der Waals surface area contributed by atoms with Crippen molar-refractivity contribution in [2.24, 2.45) is 0 Å². The number of methoxy groups -OCH3 is 1. The molecule has 0 unspecified atom stereocenters. The lowest BCUT2D eigenvalue weighted by Crippen LogP contribution is -2.00. The molecule has 0 amide bonds. The standard InChI is InChI=1S/C14H11FO3/c1-18-13-5-3-2-4-10(13)9-6-7-11(14(16)17)12(15)8-9/h2-8H,1H3,(H,16,17). The van der Waals surface area contributed by atoms with Crippen LogP contribution in [0.1, 0.15) is 10.4 Å². The summed E-state index contributed by atoms with van der Waals surface area (Å²) in [5, 5.41) is 8.76. The minimum Gasteiger partial charge on any atom is -0.496 e. The van der Waals surface area contributed by atoms with Gasteiger partial charge in [0.2, 0.25) is 0 Å². The average Bonchev–Trinajstić information content (AvgIpc) is 2.38. The fourth-order valence-electron chi connectivity index (χ4n) is 1.74. The number of hydrogen-bond acceptors (Lipinski definition) is 2. The zero-order valence-electron chi connectivity index (χ0n) is 9.68. The smallest absolute Gasteiger partial charge is 0.338 e. The number of halogens is 1. The molecule has 0 saturated heterocycles. The van der Waals surface area contributed by atoms with Crippen LogP contribution in [0.25, 0.3) is 11.1 Å². The monoisotopic (exact) mass is 246 g/mol. The van der Waals surface area contributed by atoms with Crippen LogP contribution in [0.15, 0.2) is 42.5 Å². The van der Waals surface area contributed by atoms with E-state index in [2.05, 4.69) is 0 Å². The zero-order valence-corrected chi connectivity index (χ0v) is 9.68. The molecule has 0 aromatic heterocycles. The quantitative estimate of drug-likeness (QED) is 0.904. The Hall–Kier alpha value is -2.36. The number of aromatic carboxylic acids is 1. The van der Waals surface area contributed by atoms with Crippen molar-refractivity contribution in [1.82, 2.24) is 0 Å². The largest absolute Gasteiger partial charge is 0.496 e. The third kappa shape index (κ3) is 2.18. The molecule has 1 N–H and O–H groups in total. The van der Waals surface area contributed by atoms with Gasteiger partial charge in [0.05, 0.1) is 12.7 Å². The summed E-state index contributed by atoms with van der Waals surface area (Å²) in [5.41, 5.74) is 0.958. The van der Waals surface area contributed by atoms with Crippen molar-refractivity contribution in [2.45, 2.75) is 0 Å². The maximum atomic E-state index is 13.6. The second-order valence-corrected chi connectivity index (χ2v) is 3.70. The van der Waals surface area contributed by atoms with E-state index in [0.717, 1.165) is 5.56 Å². The predicted octanol–water partition coefficient (Wildman–Crippen LogP) is 3.20. The van der Waals surface area contributed by atoms with E-state index < -0.39 is 11.8 Å². The third-order valence-corrected chi connectivity index (χ3v) is 2.62. The number of carboxylic acids is 1. The van der Waals surface area contributed by atoms with Crippen LogP contribution in [0, 0.1) is 5.82 Å². The molecule has 0 aliphatic rings. The Morgan fingerprint density at radius 1 is 1.22 bits per heavy atom. The van der Waals surface area contributed by atoms with Crippen molar-refractivity contribution in [3.05, 3.63) is 53.8 Å². The highest BCUT2D eigenvalue weighted by Gasteiger charge is 2.12. The van der Waals surface area contributed by atoms with Crippen molar-refractivity contribution in [1.29, 1.82) is 0 Å². The van der Waals surface area contributed by atoms with E-state index in [9.17, 15) is 9.18 Å². The molecule has 0 aliphatic heterocycles. The van der Waals surface area contributed by atoms with Gasteiger partial charge in [0.25, 0.3) is 0 Å². The van der Waals surface area contributed by atoms with Gasteiger partial charge in [-0.05, 0) is 23.8 Å². The van der Waals surface area contributed by atoms with Crippen LogP contribution in [0.5, 0.6) is 5.75 Å². The lowest BCUT2D eigenvalue weighted by Gasteiger charge is -2.08. The van der Waals surface area contributed by atoms with E-state index in [4.69, 9.17) is 9.84 Å². The fraction of sp³-hybridized carbons (Fsp3) is 0.0714. The number of benzene rings is 2. The fourth-order valence-corrected chi connectivity index (χ4v) is 1.74. The molecule has 18 heavy (non-hydrogen) atoms.